The summed E-state index contributed by atoms with van der Waals surface area (Å²) in [5, 5.41) is 2.90. The van der Waals surface area contributed by atoms with Gasteiger partial charge in [0.15, 0.2) is 0 Å². The molecule has 6 nitrogen and oxygen atoms in total. The minimum Gasteiger partial charge on any atom is -0.350 e. The van der Waals surface area contributed by atoms with Crippen LogP contribution in [0.1, 0.15) is 41.3 Å². The minimum absolute atomic E-state index is 0.0206. The Balaban J connectivity index is 1.57. The molecular weight excluding hydrogens is 354 g/mol. The minimum atomic E-state index is -0.817. The number of carbonyl (C=O) groups excluding carboxylic acids is 3. The molecule has 3 amide bonds. The molecule has 2 aliphatic rings. The van der Waals surface area contributed by atoms with Crippen molar-refractivity contribution < 1.29 is 14.4 Å². The molecule has 0 aromatic heterocycles. The van der Waals surface area contributed by atoms with Gasteiger partial charge in [-0.1, -0.05) is 36.4 Å². The van der Waals surface area contributed by atoms with Crippen molar-refractivity contribution in [1.82, 2.24) is 10.2 Å². The number of hydrogen-bond donors (Lipinski definition) is 1. The molecule has 2 aromatic carbocycles. The van der Waals surface area contributed by atoms with E-state index in [2.05, 4.69) is 5.32 Å². The first-order chi connectivity index (χ1) is 13.4. The monoisotopic (exact) mass is 377 g/mol. The normalized spacial score (nSPS) is 20.8. The molecule has 0 spiro atoms. The van der Waals surface area contributed by atoms with Crippen LogP contribution in [-0.4, -0.2) is 34.8 Å². The first-order valence-corrected chi connectivity index (χ1v) is 9.47. The topological polar surface area (TPSA) is 69.7 Å². The van der Waals surface area contributed by atoms with Gasteiger partial charge >= 0.3 is 0 Å². The Labute approximate surface area is 164 Å². The molecule has 28 heavy (non-hydrogen) atoms. The summed E-state index contributed by atoms with van der Waals surface area (Å²) >= 11 is 0. The smallest absolute Gasteiger partial charge is 0.258 e. The highest BCUT2D eigenvalue weighted by molar-refractivity contribution is 6.11. The Morgan fingerprint density at radius 2 is 1.82 bits per heavy atom. The van der Waals surface area contributed by atoms with E-state index in [4.69, 9.17) is 0 Å². The fourth-order valence-electron chi connectivity index (χ4n) is 4.14. The van der Waals surface area contributed by atoms with E-state index in [0.717, 1.165) is 11.1 Å². The SMILES string of the molecule is Cc1ccccc1CNC(=O)CN1C(=O)c2ccccc2N2C(=O)CCC12C. The lowest BCUT2D eigenvalue weighted by Gasteiger charge is -2.48. The maximum Gasteiger partial charge on any atom is 0.258 e. The Kier molecular flexibility index (Phi) is 4.41. The molecule has 2 aromatic rings. The van der Waals surface area contributed by atoms with Crippen molar-refractivity contribution in [3.05, 3.63) is 65.2 Å². The second-order valence-corrected chi connectivity index (χ2v) is 7.56. The van der Waals surface area contributed by atoms with Gasteiger partial charge in [0, 0.05) is 13.0 Å². The van der Waals surface area contributed by atoms with Crippen LogP contribution in [0, 0.1) is 6.92 Å². The fraction of sp³-hybridized carbons (Fsp3) is 0.318. The van der Waals surface area contributed by atoms with Gasteiger partial charge in [-0.3, -0.25) is 19.3 Å². The summed E-state index contributed by atoms with van der Waals surface area (Å²) in [5.74, 6) is -0.473. The molecule has 144 valence electrons. The van der Waals surface area contributed by atoms with Crippen LogP contribution >= 0.6 is 0 Å². The molecule has 0 radical (unpaired) electrons. The highest BCUT2D eigenvalue weighted by Gasteiger charge is 2.53. The van der Waals surface area contributed by atoms with E-state index in [1.165, 1.54) is 4.90 Å². The predicted octanol–water partition coefficient (Wildman–Crippen LogP) is 2.61. The molecule has 1 unspecified atom stereocenters. The summed E-state index contributed by atoms with van der Waals surface area (Å²) in [6, 6.07) is 15.0. The molecule has 4 rings (SSSR count). The van der Waals surface area contributed by atoms with Crippen molar-refractivity contribution in [3.63, 3.8) is 0 Å². The van der Waals surface area contributed by atoms with Crippen molar-refractivity contribution in [2.75, 3.05) is 11.4 Å². The van der Waals surface area contributed by atoms with Crippen molar-refractivity contribution in [3.8, 4) is 0 Å². The molecule has 1 saturated heterocycles. The Hall–Kier alpha value is -3.15. The first-order valence-electron chi connectivity index (χ1n) is 9.47. The number of amides is 3. The Morgan fingerprint density at radius 3 is 2.61 bits per heavy atom. The number of fused-ring (bicyclic) bond motifs is 3. The Bertz CT molecular complexity index is 971. The average molecular weight is 377 g/mol. The third kappa shape index (κ3) is 2.85. The van der Waals surface area contributed by atoms with Gasteiger partial charge in [0.2, 0.25) is 11.8 Å². The van der Waals surface area contributed by atoms with E-state index >= 15 is 0 Å². The molecule has 1 atom stereocenters. The number of rotatable bonds is 4. The molecule has 2 aliphatic heterocycles. The van der Waals surface area contributed by atoms with Crippen LogP contribution < -0.4 is 10.2 Å². The molecule has 0 aliphatic carbocycles. The number of carbonyl (C=O) groups is 3. The summed E-state index contributed by atoms with van der Waals surface area (Å²) < 4.78 is 0. The number of anilines is 1. The average Bonchev–Trinajstić information content (AvgIpc) is 3.00. The van der Waals surface area contributed by atoms with E-state index < -0.39 is 5.66 Å². The molecule has 0 bridgehead atoms. The van der Waals surface area contributed by atoms with Gasteiger partial charge in [-0.05, 0) is 43.5 Å². The third-order valence-corrected chi connectivity index (χ3v) is 5.78. The van der Waals surface area contributed by atoms with Crippen LogP contribution in [0.3, 0.4) is 0 Å². The van der Waals surface area contributed by atoms with Gasteiger partial charge in [0.25, 0.3) is 5.91 Å². The van der Waals surface area contributed by atoms with Gasteiger partial charge in [0.05, 0.1) is 11.3 Å². The van der Waals surface area contributed by atoms with Gasteiger partial charge in [-0.15, -0.1) is 0 Å². The van der Waals surface area contributed by atoms with Crippen LogP contribution in [0.25, 0.3) is 0 Å². The lowest BCUT2D eigenvalue weighted by Crippen LogP contribution is -2.63. The zero-order valence-corrected chi connectivity index (χ0v) is 16.1. The third-order valence-electron chi connectivity index (χ3n) is 5.78. The van der Waals surface area contributed by atoms with Crippen molar-refractivity contribution in [2.45, 2.75) is 38.9 Å². The number of para-hydroxylation sites is 1. The van der Waals surface area contributed by atoms with Crippen LogP contribution in [-0.2, 0) is 16.1 Å². The summed E-state index contributed by atoms with van der Waals surface area (Å²) in [6.07, 6.45) is 0.871. The summed E-state index contributed by atoms with van der Waals surface area (Å²) in [4.78, 5) is 41.6. The summed E-state index contributed by atoms with van der Waals surface area (Å²) in [6.45, 7) is 4.18. The van der Waals surface area contributed by atoms with E-state index in [1.807, 2.05) is 44.2 Å². The maximum absolute atomic E-state index is 13.1. The van der Waals surface area contributed by atoms with E-state index in [9.17, 15) is 14.4 Å². The lowest BCUT2D eigenvalue weighted by atomic mass is 9.98. The predicted molar refractivity (Wildman–Crippen MR) is 106 cm³/mol. The molecule has 6 heteroatoms. The van der Waals surface area contributed by atoms with Crippen LogP contribution in [0.4, 0.5) is 5.69 Å². The van der Waals surface area contributed by atoms with Crippen LogP contribution in [0.5, 0.6) is 0 Å². The zero-order valence-electron chi connectivity index (χ0n) is 16.1. The highest BCUT2D eigenvalue weighted by atomic mass is 16.2. The van der Waals surface area contributed by atoms with Gasteiger partial charge in [0.1, 0.15) is 12.2 Å². The van der Waals surface area contributed by atoms with Gasteiger partial charge in [-0.25, -0.2) is 0 Å². The second kappa shape index (κ2) is 6.78. The van der Waals surface area contributed by atoms with Gasteiger partial charge < -0.3 is 10.2 Å². The lowest BCUT2D eigenvalue weighted by molar-refractivity contribution is -0.124. The van der Waals surface area contributed by atoms with Crippen LogP contribution in [0.15, 0.2) is 48.5 Å². The molecule has 1 N–H and O–H groups in total. The fourth-order valence-corrected chi connectivity index (χ4v) is 4.14. The molecule has 1 fully saturated rings. The number of benzene rings is 2. The summed E-state index contributed by atoms with van der Waals surface area (Å²) in [5.41, 5.74) is 2.42. The quantitative estimate of drug-likeness (QED) is 0.890. The number of nitrogens with one attached hydrogen (secondary N) is 1. The second-order valence-electron chi connectivity index (χ2n) is 7.56. The van der Waals surface area contributed by atoms with Crippen molar-refractivity contribution in [2.24, 2.45) is 0 Å². The molecule has 2 heterocycles. The number of hydrogen-bond acceptors (Lipinski definition) is 3. The van der Waals surface area contributed by atoms with E-state index in [-0.39, 0.29) is 24.3 Å². The van der Waals surface area contributed by atoms with Gasteiger partial charge in [-0.2, -0.15) is 0 Å². The first kappa shape index (κ1) is 18.2. The maximum atomic E-state index is 13.1. The van der Waals surface area contributed by atoms with Crippen molar-refractivity contribution >= 4 is 23.4 Å². The van der Waals surface area contributed by atoms with E-state index in [0.29, 0.717) is 30.6 Å². The van der Waals surface area contributed by atoms with Crippen molar-refractivity contribution in [1.29, 1.82) is 0 Å². The summed E-state index contributed by atoms with van der Waals surface area (Å²) in [7, 11) is 0. The standard InChI is InChI=1S/C22H23N3O3/c1-15-7-3-4-8-16(15)13-23-19(26)14-24-21(28)17-9-5-6-10-18(17)25-20(27)11-12-22(24,25)2/h3-10H,11-14H2,1-2H3,(H,23,26). The number of nitrogens with zero attached hydrogens (tertiary/aromatic N) is 2. The number of aryl methyl sites for hydroxylation is 1. The Morgan fingerprint density at radius 1 is 1.11 bits per heavy atom. The van der Waals surface area contributed by atoms with E-state index in [1.54, 1.807) is 23.1 Å². The zero-order chi connectivity index (χ0) is 19.9. The van der Waals surface area contributed by atoms with Crippen LogP contribution in [0.2, 0.25) is 0 Å². The molecule has 0 saturated carbocycles. The molecular formula is C22H23N3O3. The highest BCUT2D eigenvalue weighted by Crippen LogP contribution is 2.43. The largest absolute Gasteiger partial charge is 0.350 e.